The number of likely N-dealkylation sites (N-methyl/N-ethyl adjacent to an activating group) is 1. The Balaban J connectivity index is 2.43. The number of carbonyl (C=O) groups excluding carboxylic acids is 2. The van der Waals surface area contributed by atoms with Crippen LogP contribution >= 0.6 is 11.3 Å². The molecule has 0 bridgehead atoms. The van der Waals surface area contributed by atoms with Crippen LogP contribution < -0.4 is 0 Å². The molecule has 0 unspecified atom stereocenters. The van der Waals surface area contributed by atoms with Crippen LogP contribution in [0.5, 0.6) is 0 Å². The van der Waals surface area contributed by atoms with Crippen LogP contribution in [-0.2, 0) is 10.2 Å². The maximum absolute atomic E-state index is 13.0. The molecule has 0 aliphatic carbocycles. The maximum Gasteiger partial charge on any atom is 0.258 e. The normalized spacial score (nSPS) is 18.3. The number of carbonyl (C=O) groups is 2. The molecule has 1 aliphatic heterocycles. The van der Waals surface area contributed by atoms with Crippen molar-refractivity contribution in [1.29, 1.82) is 0 Å². The Morgan fingerprint density at radius 1 is 1.30 bits per heavy atom. The number of amides is 2. The number of piperazine rings is 1. The fourth-order valence-corrected chi connectivity index (χ4v) is 3.67. The predicted molar refractivity (Wildman–Crippen MR) is 91.2 cm³/mol. The Hall–Kier alpha value is -1.76. The lowest BCUT2D eigenvalue weighted by molar-refractivity contribution is -0.144. The van der Waals surface area contributed by atoms with E-state index in [2.05, 4.69) is 5.18 Å². The van der Waals surface area contributed by atoms with Gasteiger partial charge in [-0.1, -0.05) is 20.8 Å². The van der Waals surface area contributed by atoms with Gasteiger partial charge in [0.2, 0.25) is 5.91 Å². The van der Waals surface area contributed by atoms with Crippen LogP contribution in [0.3, 0.4) is 0 Å². The quantitative estimate of drug-likeness (QED) is 0.779. The first kappa shape index (κ1) is 17.6. The van der Waals surface area contributed by atoms with Crippen molar-refractivity contribution in [3.63, 3.8) is 0 Å². The van der Waals surface area contributed by atoms with Gasteiger partial charge in [0.05, 0.1) is 5.56 Å². The largest absolute Gasteiger partial charge is 0.342 e. The maximum atomic E-state index is 13.0. The van der Waals surface area contributed by atoms with Crippen LogP contribution in [0.1, 0.15) is 49.9 Å². The van der Waals surface area contributed by atoms with E-state index in [-0.39, 0.29) is 22.2 Å². The third-order valence-corrected chi connectivity index (χ3v) is 5.65. The number of hydrogen-bond donors (Lipinski definition) is 0. The first-order valence-electron chi connectivity index (χ1n) is 7.55. The molecule has 126 valence electrons. The van der Waals surface area contributed by atoms with Crippen molar-refractivity contribution < 1.29 is 9.59 Å². The molecule has 23 heavy (non-hydrogen) atoms. The van der Waals surface area contributed by atoms with Gasteiger partial charge in [-0.25, -0.2) is 0 Å². The summed E-state index contributed by atoms with van der Waals surface area (Å²) in [7, 11) is 1.73. The highest BCUT2D eigenvalue weighted by Crippen LogP contribution is 2.39. The van der Waals surface area contributed by atoms with Crippen molar-refractivity contribution >= 4 is 28.2 Å². The van der Waals surface area contributed by atoms with E-state index in [4.69, 9.17) is 0 Å². The summed E-state index contributed by atoms with van der Waals surface area (Å²) in [5.41, 5.74) is -0.815. The molecule has 0 radical (unpaired) electrons. The molecule has 1 fully saturated rings. The van der Waals surface area contributed by atoms with E-state index in [0.29, 0.717) is 18.7 Å². The zero-order valence-electron chi connectivity index (χ0n) is 14.5. The highest BCUT2D eigenvalue weighted by molar-refractivity contribution is 7.16. The minimum atomic E-state index is -0.936. The van der Waals surface area contributed by atoms with E-state index in [0.717, 1.165) is 4.88 Å². The van der Waals surface area contributed by atoms with E-state index < -0.39 is 5.54 Å². The van der Waals surface area contributed by atoms with Gasteiger partial charge in [0, 0.05) is 25.0 Å². The molecule has 7 heteroatoms. The van der Waals surface area contributed by atoms with Crippen LogP contribution in [-0.4, -0.2) is 47.3 Å². The lowest BCUT2D eigenvalue weighted by Crippen LogP contribution is -2.63. The molecule has 1 aliphatic rings. The van der Waals surface area contributed by atoms with Gasteiger partial charge in [0.25, 0.3) is 5.91 Å². The Labute approximate surface area is 140 Å². The van der Waals surface area contributed by atoms with Gasteiger partial charge in [-0.05, 0) is 30.5 Å². The summed E-state index contributed by atoms with van der Waals surface area (Å²) in [6.07, 6.45) is 0. The fraction of sp³-hybridized carbons (Fsp3) is 0.625. The highest BCUT2D eigenvalue weighted by Gasteiger charge is 2.44. The van der Waals surface area contributed by atoms with Crippen LogP contribution in [0.25, 0.3) is 0 Å². The monoisotopic (exact) mass is 337 g/mol. The van der Waals surface area contributed by atoms with Gasteiger partial charge in [-0.3, -0.25) is 9.59 Å². The summed E-state index contributed by atoms with van der Waals surface area (Å²) in [6.45, 7) is 10.4. The zero-order valence-corrected chi connectivity index (χ0v) is 15.3. The summed E-state index contributed by atoms with van der Waals surface area (Å²) >= 11 is 1.24. The molecular weight excluding hydrogens is 314 g/mol. The third kappa shape index (κ3) is 3.02. The van der Waals surface area contributed by atoms with E-state index in [9.17, 15) is 14.5 Å². The molecule has 1 aromatic heterocycles. The fourth-order valence-electron chi connectivity index (χ4n) is 2.69. The molecule has 1 aromatic rings. The van der Waals surface area contributed by atoms with Gasteiger partial charge in [0.15, 0.2) is 5.00 Å². The average Bonchev–Trinajstić information content (AvgIpc) is 2.88. The van der Waals surface area contributed by atoms with Crippen LogP contribution in [0.4, 0.5) is 5.00 Å². The molecule has 2 heterocycles. The van der Waals surface area contributed by atoms with Gasteiger partial charge < -0.3 is 9.80 Å². The van der Waals surface area contributed by atoms with E-state index in [1.54, 1.807) is 36.8 Å². The second kappa shape index (κ2) is 5.70. The van der Waals surface area contributed by atoms with E-state index >= 15 is 0 Å². The number of rotatable bonds is 2. The number of nitroso groups, excluding NO2 is 1. The van der Waals surface area contributed by atoms with Gasteiger partial charge >= 0.3 is 0 Å². The van der Waals surface area contributed by atoms with E-state index in [1.807, 2.05) is 20.8 Å². The molecule has 0 aromatic carbocycles. The Kier molecular flexibility index (Phi) is 4.36. The lowest BCUT2D eigenvalue weighted by atomic mass is 9.93. The molecule has 0 spiro atoms. The lowest BCUT2D eigenvalue weighted by Gasteiger charge is -2.44. The minimum Gasteiger partial charge on any atom is -0.342 e. The Bertz CT molecular complexity index is 658. The van der Waals surface area contributed by atoms with Crippen molar-refractivity contribution in [3.8, 4) is 0 Å². The van der Waals surface area contributed by atoms with Crippen molar-refractivity contribution in [2.24, 2.45) is 5.18 Å². The zero-order chi connectivity index (χ0) is 17.6. The van der Waals surface area contributed by atoms with E-state index in [1.165, 1.54) is 11.3 Å². The van der Waals surface area contributed by atoms with Crippen molar-refractivity contribution in [1.82, 2.24) is 9.80 Å². The second-order valence-corrected chi connectivity index (χ2v) is 8.44. The third-order valence-electron chi connectivity index (χ3n) is 4.21. The molecule has 6 nitrogen and oxygen atoms in total. The molecule has 0 N–H and O–H groups in total. The second-order valence-electron chi connectivity index (χ2n) is 7.41. The molecule has 0 atom stereocenters. The molecule has 1 saturated heterocycles. The number of hydrogen-bond acceptors (Lipinski definition) is 5. The molecule has 0 saturated carbocycles. The van der Waals surface area contributed by atoms with Crippen LogP contribution in [0.2, 0.25) is 0 Å². The predicted octanol–water partition coefficient (Wildman–Crippen LogP) is 3.14. The first-order valence-corrected chi connectivity index (χ1v) is 8.37. The van der Waals surface area contributed by atoms with Crippen molar-refractivity contribution in [2.75, 3.05) is 20.1 Å². The summed E-state index contributed by atoms with van der Waals surface area (Å²) in [5, 5.41) is 3.21. The topological polar surface area (TPSA) is 70.0 Å². The van der Waals surface area contributed by atoms with Crippen molar-refractivity contribution in [3.05, 3.63) is 21.4 Å². The van der Waals surface area contributed by atoms with Crippen molar-refractivity contribution in [2.45, 2.75) is 45.6 Å². The standard InChI is InChI=1S/C16H23N3O3S/c1-15(2,3)11-9-10(12(17-22)23-11)13(20)19-8-7-18(6)14(21)16(19,4)5/h9H,7-8H2,1-6H3. The Morgan fingerprint density at radius 3 is 2.43 bits per heavy atom. The highest BCUT2D eigenvalue weighted by atomic mass is 32.1. The summed E-state index contributed by atoms with van der Waals surface area (Å²) in [6, 6.07) is 1.74. The smallest absolute Gasteiger partial charge is 0.258 e. The SMILES string of the molecule is CN1CCN(C(=O)c2cc(C(C)(C)C)sc2N=O)C(C)(C)C1=O. The molecular formula is C16H23N3O3S. The summed E-state index contributed by atoms with van der Waals surface area (Å²) in [5.74, 6) is -0.415. The number of thiophene rings is 1. The molecule has 2 amide bonds. The summed E-state index contributed by atoms with van der Waals surface area (Å²) < 4.78 is 0. The van der Waals surface area contributed by atoms with Crippen LogP contribution in [0, 0.1) is 4.91 Å². The first-order chi connectivity index (χ1) is 10.5. The number of nitrogens with zero attached hydrogens (tertiary/aromatic N) is 3. The van der Waals surface area contributed by atoms with Gasteiger partial charge in [0.1, 0.15) is 5.54 Å². The minimum absolute atomic E-state index is 0.107. The van der Waals surface area contributed by atoms with Gasteiger partial charge in [-0.15, -0.1) is 16.2 Å². The Morgan fingerprint density at radius 2 is 1.91 bits per heavy atom. The molecule has 2 rings (SSSR count). The summed E-state index contributed by atoms with van der Waals surface area (Å²) in [4.78, 5) is 40.5. The average molecular weight is 337 g/mol. The van der Waals surface area contributed by atoms with Crippen LogP contribution in [0.15, 0.2) is 11.2 Å². The van der Waals surface area contributed by atoms with Gasteiger partial charge in [-0.2, -0.15) is 0 Å².